The number of hydrogen-bond donors (Lipinski definition) is 0. The van der Waals surface area contributed by atoms with Crippen molar-refractivity contribution in [2.75, 3.05) is 4.90 Å². The fraction of sp³-hybridized carbons (Fsp3) is 0.600. The lowest BCUT2D eigenvalue weighted by Gasteiger charge is -2.27. The number of anilines is 1. The smallest absolute Gasteiger partial charge is 0.0407 e. The zero-order valence-electron chi connectivity index (χ0n) is 10.6. The SMILES string of the molecule is C[C@H]1[C@@H](C)C2[C@@H](C)c3ccccc3N2[C@H]1C. The number of para-hydroxylation sites is 1. The minimum Gasteiger partial charge on any atom is -0.364 e. The molecule has 2 aliphatic heterocycles. The van der Waals surface area contributed by atoms with E-state index < -0.39 is 0 Å². The van der Waals surface area contributed by atoms with E-state index in [4.69, 9.17) is 0 Å². The summed E-state index contributed by atoms with van der Waals surface area (Å²) in [4.78, 5) is 2.68. The van der Waals surface area contributed by atoms with Crippen LogP contribution in [0.2, 0.25) is 0 Å². The zero-order chi connectivity index (χ0) is 11.4. The topological polar surface area (TPSA) is 3.24 Å². The normalized spacial score (nSPS) is 41.0. The quantitative estimate of drug-likeness (QED) is 0.638. The minimum absolute atomic E-state index is 0.686. The second kappa shape index (κ2) is 3.26. The van der Waals surface area contributed by atoms with E-state index >= 15 is 0 Å². The second-order valence-electron chi connectivity index (χ2n) is 5.70. The molecule has 1 saturated heterocycles. The van der Waals surface area contributed by atoms with Crippen molar-refractivity contribution in [2.24, 2.45) is 11.8 Å². The summed E-state index contributed by atoms with van der Waals surface area (Å²) in [6.45, 7) is 9.61. The van der Waals surface area contributed by atoms with E-state index in [9.17, 15) is 0 Å². The molecule has 3 rings (SSSR count). The first-order valence-corrected chi connectivity index (χ1v) is 6.50. The molecule has 0 spiro atoms. The Morgan fingerprint density at radius 2 is 1.62 bits per heavy atom. The van der Waals surface area contributed by atoms with Crippen molar-refractivity contribution in [1.82, 2.24) is 0 Å². The van der Waals surface area contributed by atoms with Crippen LogP contribution < -0.4 is 4.90 Å². The number of benzene rings is 1. The molecule has 0 saturated carbocycles. The van der Waals surface area contributed by atoms with E-state index in [1.165, 1.54) is 5.69 Å². The molecule has 0 N–H and O–H groups in total. The first-order valence-electron chi connectivity index (χ1n) is 6.50. The number of nitrogens with zero attached hydrogens (tertiary/aromatic N) is 1. The van der Waals surface area contributed by atoms with E-state index in [0.29, 0.717) is 12.0 Å². The number of rotatable bonds is 0. The van der Waals surface area contributed by atoms with Crippen LogP contribution >= 0.6 is 0 Å². The molecule has 0 amide bonds. The highest BCUT2D eigenvalue weighted by Gasteiger charge is 2.49. The summed E-state index contributed by atoms with van der Waals surface area (Å²) < 4.78 is 0. The molecule has 1 fully saturated rings. The van der Waals surface area contributed by atoms with Crippen LogP contribution in [0.25, 0.3) is 0 Å². The Bertz CT molecular complexity index is 412. The maximum atomic E-state index is 2.68. The molecular weight excluding hydrogens is 194 g/mol. The van der Waals surface area contributed by atoms with E-state index in [1.54, 1.807) is 5.56 Å². The molecule has 1 aromatic carbocycles. The molecule has 0 bridgehead atoms. The summed E-state index contributed by atoms with van der Waals surface area (Å²) in [6, 6.07) is 10.4. The van der Waals surface area contributed by atoms with Gasteiger partial charge in [0.05, 0.1) is 0 Å². The van der Waals surface area contributed by atoms with Crippen molar-refractivity contribution >= 4 is 5.69 Å². The Balaban J connectivity index is 2.12. The fourth-order valence-electron chi connectivity index (χ4n) is 3.90. The predicted molar refractivity (Wildman–Crippen MR) is 68.9 cm³/mol. The van der Waals surface area contributed by atoms with Gasteiger partial charge in [0.1, 0.15) is 0 Å². The molecule has 5 atom stereocenters. The van der Waals surface area contributed by atoms with Gasteiger partial charge in [0, 0.05) is 23.7 Å². The van der Waals surface area contributed by atoms with Crippen LogP contribution in [0.5, 0.6) is 0 Å². The van der Waals surface area contributed by atoms with Gasteiger partial charge in [-0.05, 0) is 30.4 Å². The van der Waals surface area contributed by atoms with Crippen LogP contribution in [0.15, 0.2) is 24.3 Å². The van der Waals surface area contributed by atoms with Crippen molar-refractivity contribution < 1.29 is 0 Å². The molecule has 0 aromatic heterocycles. The third-order valence-electron chi connectivity index (χ3n) is 5.11. The third-order valence-corrected chi connectivity index (χ3v) is 5.11. The van der Waals surface area contributed by atoms with Crippen LogP contribution in [-0.4, -0.2) is 12.1 Å². The summed E-state index contributed by atoms with van der Waals surface area (Å²) in [6.07, 6.45) is 0. The van der Waals surface area contributed by atoms with Gasteiger partial charge in [0.25, 0.3) is 0 Å². The molecule has 1 heteroatoms. The monoisotopic (exact) mass is 215 g/mol. The summed E-state index contributed by atoms with van der Waals surface area (Å²) in [5, 5.41) is 0. The summed E-state index contributed by atoms with van der Waals surface area (Å²) >= 11 is 0. The Kier molecular flexibility index (Phi) is 2.07. The van der Waals surface area contributed by atoms with E-state index in [1.807, 2.05) is 0 Å². The standard InChI is InChI=1S/C15H21N/c1-9-10(2)15-11(3)13-7-5-6-8-14(13)16(15)12(9)4/h5-12,15H,1-4H3/t9-,10+,11-,12-,15?/m0/s1. The van der Waals surface area contributed by atoms with Crippen LogP contribution in [0, 0.1) is 11.8 Å². The van der Waals surface area contributed by atoms with Crippen molar-refractivity contribution in [3.8, 4) is 0 Å². The van der Waals surface area contributed by atoms with Crippen LogP contribution in [0.3, 0.4) is 0 Å². The molecule has 0 radical (unpaired) electrons. The third kappa shape index (κ3) is 1.07. The predicted octanol–water partition coefficient (Wildman–Crippen LogP) is 3.65. The maximum Gasteiger partial charge on any atom is 0.0407 e. The zero-order valence-corrected chi connectivity index (χ0v) is 10.6. The highest BCUT2D eigenvalue weighted by Crippen LogP contribution is 2.51. The van der Waals surface area contributed by atoms with Gasteiger partial charge >= 0.3 is 0 Å². The van der Waals surface area contributed by atoms with E-state index in [2.05, 4.69) is 56.9 Å². The van der Waals surface area contributed by atoms with Crippen molar-refractivity contribution in [3.63, 3.8) is 0 Å². The van der Waals surface area contributed by atoms with Gasteiger partial charge in [0.2, 0.25) is 0 Å². The minimum atomic E-state index is 0.686. The van der Waals surface area contributed by atoms with Gasteiger partial charge in [-0.2, -0.15) is 0 Å². The molecular formula is C15H21N. The number of hydrogen-bond acceptors (Lipinski definition) is 1. The molecule has 1 unspecified atom stereocenters. The van der Waals surface area contributed by atoms with Gasteiger partial charge < -0.3 is 4.90 Å². The Hall–Kier alpha value is -0.980. The number of fused-ring (bicyclic) bond motifs is 3. The lowest BCUT2D eigenvalue weighted by Crippen LogP contribution is -2.34. The largest absolute Gasteiger partial charge is 0.364 e. The molecule has 16 heavy (non-hydrogen) atoms. The first-order chi connectivity index (χ1) is 7.63. The maximum absolute atomic E-state index is 2.68. The van der Waals surface area contributed by atoms with Crippen LogP contribution in [-0.2, 0) is 0 Å². The van der Waals surface area contributed by atoms with Gasteiger partial charge in [-0.25, -0.2) is 0 Å². The van der Waals surface area contributed by atoms with Gasteiger partial charge in [-0.1, -0.05) is 39.0 Å². The Morgan fingerprint density at radius 3 is 2.38 bits per heavy atom. The average molecular weight is 215 g/mol. The van der Waals surface area contributed by atoms with Crippen molar-refractivity contribution in [1.29, 1.82) is 0 Å². The molecule has 2 aliphatic rings. The Labute approximate surface area is 98.5 Å². The molecule has 0 aliphatic carbocycles. The van der Waals surface area contributed by atoms with Gasteiger partial charge in [-0.15, -0.1) is 0 Å². The average Bonchev–Trinajstić information content (AvgIpc) is 2.71. The second-order valence-corrected chi connectivity index (χ2v) is 5.70. The summed E-state index contributed by atoms with van der Waals surface area (Å²) in [7, 11) is 0. The lowest BCUT2D eigenvalue weighted by atomic mass is 9.83. The lowest BCUT2D eigenvalue weighted by molar-refractivity contribution is 0.382. The van der Waals surface area contributed by atoms with Crippen LogP contribution in [0.1, 0.15) is 39.2 Å². The van der Waals surface area contributed by atoms with E-state index in [-0.39, 0.29) is 0 Å². The molecule has 86 valence electrons. The Morgan fingerprint density at radius 1 is 0.938 bits per heavy atom. The van der Waals surface area contributed by atoms with E-state index in [0.717, 1.165) is 17.9 Å². The first kappa shape index (κ1) is 10.2. The van der Waals surface area contributed by atoms with Crippen molar-refractivity contribution in [3.05, 3.63) is 29.8 Å². The molecule has 1 aromatic rings. The highest BCUT2D eigenvalue weighted by atomic mass is 15.3. The van der Waals surface area contributed by atoms with Gasteiger partial charge in [0.15, 0.2) is 0 Å². The fourth-order valence-corrected chi connectivity index (χ4v) is 3.90. The van der Waals surface area contributed by atoms with Crippen molar-refractivity contribution in [2.45, 2.75) is 45.7 Å². The van der Waals surface area contributed by atoms with Crippen LogP contribution in [0.4, 0.5) is 5.69 Å². The molecule has 2 heterocycles. The molecule has 1 nitrogen and oxygen atoms in total. The summed E-state index contributed by atoms with van der Waals surface area (Å²) in [5.74, 6) is 2.30. The van der Waals surface area contributed by atoms with Gasteiger partial charge in [-0.3, -0.25) is 0 Å². The summed E-state index contributed by atoms with van der Waals surface area (Å²) in [5.41, 5.74) is 3.04. The highest BCUT2D eigenvalue weighted by molar-refractivity contribution is 5.63.